The molecular formula is C36H34Cl2N8O3. The number of halogens is 2. The molecule has 11 nitrogen and oxygen atoms in total. The minimum atomic E-state index is -0.112. The van der Waals surface area contributed by atoms with Crippen molar-refractivity contribution in [2.75, 3.05) is 39.3 Å². The van der Waals surface area contributed by atoms with Gasteiger partial charge in [0.15, 0.2) is 11.6 Å². The van der Waals surface area contributed by atoms with Crippen molar-refractivity contribution in [2.45, 2.75) is 26.9 Å². The van der Waals surface area contributed by atoms with Gasteiger partial charge in [0.05, 0.1) is 63.0 Å². The lowest BCUT2D eigenvalue weighted by atomic mass is 9.89. The molecule has 2 aliphatic carbocycles. The van der Waals surface area contributed by atoms with Crippen molar-refractivity contribution >= 4 is 56.6 Å². The van der Waals surface area contributed by atoms with Crippen molar-refractivity contribution in [3.63, 3.8) is 0 Å². The van der Waals surface area contributed by atoms with Gasteiger partial charge in [0.25, 0.3) is 0 Å². The monoisotopic (exact) mass is 696 g/mol. The predicted octanol–water partition coefficient (Wildman–Crippen LogP) is 5.52. The maximum Gasteiger partial charge on any atom is 0.197 e. The van der Waals surface area contributed by atoms with Gasteiger partial charge in [-0.3, -0.25) is 28.9 Å². The highest BCUT2D eigenvalue weighted by Crippen LogP contribution is 2.42. The Morgan fingerprint density at radius 2 is 1.22 bits per heavy atom. The molecule has 0 unspecified atom stereocenters. The van der Waals surface area contributed by atoms with Crippen LogP contribution in [0, 0.1) is 0 Å². The minimum absolute atomic E-state index is 0.0745. The molecule has 0 amide bonds. The molecule has 13 heteroatoms. The molecule has 2 N–H and O–H groups in total. The van der Waals surface area contributed by atoms with E-state index in [2.05, 4.69) is 34.0 Å². The fraction of sp³-hybridized carbons (Fsp3) is 0.278. The summed E-state index contributed by atoms with van der Waals surface area (Å²) in [5, 5.41) is 24.1. The van der Waals surface area contributed by atoms with E-state index in [1.165, 1.54) is 0 Å². The number of carbonyl (C=O) groups excluding carboxylic acids is 2. The summed E-state index contributed by atoms with van der Waals surface area (Å²) in [5.74, 6) is -0.186. The maximum atomic E-state index is 12.9. The van der Waals surface area contributed by atoms with Gasteiger partial charge in [-0.15, -0.1) is 0 Å². The van der Waals surface area contributed by atoms with Crippen LogP contribution >= 0.6 is 23.2 Å². The Kier molecular flexibility index (Phi) is 9.27. The van der Waals surface area contributed by atoms with E-state index in [-0.39, 0.29) is 18.2 Å². The number of ketones is 2. The molecule has 0 bridgehead atoms. The van der Waals surface area contributed by atoms with Gasteiger partial charge in [0, 0.05) is 66.3 Å². The Hall–Kier alpha value is -4.52. The fourth-order valence-corrected chi connectivity index (χ4v) is 7.14. The second kappa shape index (κ2) is 13.8. The third kappa shape index (κ3) is 5.71. The third-order valence-corrected chi connectivity index (χ3v) is 9.77. The molecule has 0 aliphatic heterocycles. The Bertz CT molecular complexity index is 2240. The number of nitrogens with zero attached hydrogens (tertiary/aromatic N) is 7. The van der Waals surface area contributed by atoms with Crippen molar-refractivity contribution in [1.82, 2.24) is 39.7 Å². The highest BCUT2D eigenvalue weighted by Gasteiger charge is 2.32. The first kappa shape index (κ1) is 33.0. The van der Waals surface area contributed by atoms with Crippen LogP contribution in [0.25, 0.3) is 44.3 Å². The molecule has 4 aromatic heterocycles. The molecule has 0 saturated heterocycles. The van der Waals surface area contributed by atoms with Crippen LogP contribution < -0.4 is 5.32 Å². The maximum absolute atomic E-state index is 12.9. The second-order valence-corrected chi connectivity index (χ2v) is 12.6. The fourth-order valence-electron chi connectivity index (χ4n) is 6.65. The number of rotatable bonds is 10. The van der Waals surface area contributed by atoms with Crippen LogP contribution in [0.5, 0.6) is 0 Å². The van der Waals surface area contributed by atoms with Gasteiger partial charge in [-0.05, 0) is 49.5 Å². The van der Waals surface area contributed by atoms with Crippen LogP contribution in [-0.2, 0) is 13.1 Å². The summed E-state index contributed by atoms with van der Waals surface area (Å²) < 4.78 is 3.86. The van der Waals surface area contributed by atoms with E-state index in [1.54, 1.807) is 36.9 Å². The van der Waals surface area contributed by atoms with Crippen LogP contribution in [0.2, 0.25) is 10.0 Å². The molecule has 4 heterocycles. The number of aliphatic hydroxyl groups is 1. The van der Waals surface area contributed by atoms with E-state index in [0.717, 1.165) is 70.5 Å². The number of likely N-dealkylation sites (N-methyl/N-ethyl adjacent to an activating group) is 1. The average molecular weight is 698 g/mol. The number of hydrogen-bond donors (Lipinski definition) is 2. The number of aromatic nitrogens is 6. The first-order valence-electron chi connectivity index (χ1n) is 16.3. The number of pyridine rings is 2. The molecule has 2 aliphatic rings. The lowest BCUT2D eigenvalue weighted by molar-refractivity contribution is 0.103. The molecule has 0 radical (unpaired) electrons. The SMILES string of the molecule is CCN(CC)CCn1nc2c3c(c(Cl)ccc31)C(=O)c1cnccc1-2.O=C1c2cnccc2-c2nn(CCNCCO)c3ccc(Cl)c1c23. The number of hydrogen-bond acceptors (Lipinski definition) is 9. The zero-order chi connectivity index (χ0) is 34.2. The minimum Gasteiger partial charge on any atom is -0.395 e. The second-order valence-electron chi connectivity index (χ2n) is 11.8. The molecule has 0 spiro atoms. The number of benzene rings is 2. The number of fused-ring (bicyclic) bond motifs is 4. The summed E-state index contributed by atoms with van der Waals surface area (Å²) in [6, 6.07) is 11.0. The third-order valence-electron chi connectivity index (χ3n) is 9.14. The zero-order valence-corrected chi connectivity index (χ0v) is 28.6. The van der Waals surface area contributed by atoms with Crippen LogP contribution in [-0.4, -0.2) is 90.4 Å². The Labute approximate surface area is 292 Å². The summed E-state index contributed by atoms with van der Waals surface area (Å²) >= 11 is 12.7. The molecule has 49 heavy (non-hydrogen) atoms. The van der Waals surface area contributed by atoms with Gasteiger partial charge >= 0.3 is 0 Å². The van der Waals surface area contributed by atoms with E-state index in [9.17, 15) is 9.59 Å². The van der Waals surface area contributed by atoms with E-state index < -0.39 is 0 Å². The van der Waals surface area contributed by atoms with Gasteiger partial charge in [0.1, 0.15) is 11.4 Å². The standard InChI is InChI=1S/C19H19ClN4O.C17H15ClN4O2/c1-3-23(4-2)9-10-24-15-6-5-14(20)16-17(15)18(22-24)12-7-8-21-11-13(12)19(16)25;18-12-1-2-13-15-14(12)17(24)11-9-20-4-3-10(11)16(15)21-22(13)7-5-19-6-8-23/h5-8,11H,3-4,9-10H2,1-2H3;1-4,9,19,23H,5-8H2. The van der Waals surface area contributed by atoms with E-state index in [0.29, 0.717) is 51.9 Å². The average Bonchev–Trinajstić information content (AvgIpc) is 3.68. The Morgan fingerprint density at radius 3 is 1.71 bits per heavy atom. The lowest BCUT2D eigenvalue weighted by Crippen LogP contribution is -2.27. The van der Waals surface area contributed by atoms with Crippen molar-refractivity contribution in [1.29, 1.82) is 0 Å². The normalized spacial score (nSPS) is 12.8. The quantitative estimate of drug-likeness (QED) is 0.178. The molecular weight excluding hydrogens is 663 g/mol. The highest BCUT2D eigenvalue weighted by molar-refractivity contribution is 6.40. The topological polar surface area (TPSA) is 131 Å². The molecule has 0 saturated carbocycles. The highest BCUT2D eigenvalue weighted by atomic mass is 35.5. The number of nitrogens with one attached hydrogen (secondary N) is 1. The summed E-state index contributed by atoms with van der Waals surface area (Å²) in [6.45, 7) is 9.95. The van der Waals surface area contributed by atoms with Crippen molar-refractivity contribution < 1.29 is 14.7 Å². The lowest BCUT2D eigenvalue weighted by Gasteiger charge is -2.17. The first-order chi connectivity index (χ1) is 23.9. The molecule has 8 rings (SSSR count). The molecule has 6 aromatic rings. The number of carbonyl (C=O) groups is 2. The molecule has 250 valence electrons. The van der Waals surface area contributed by atoms with E-state index in [1.807, 2.05) is 33.6 Å². The zero-order valence-electron chi connectivity index (χ0n) is 27.1. The van der Waals surface area contributed by atoms with Crippen LogP contribution in [0.1, 0.15) is 45.7 Å². The van der Waals surface area contributed by atoms with Gasteiger partial charge < -0.3 is 15.3 Å². The van der Waals surface area contributed by atoms with Gasteiger partial charge in [-0.25, -0.2) is 0 Å². The summed E-state index contributed by atoms with van der Waals surface area (Å²) in [6.07, 6.45) is 6.53. The Morgan fingerprint density at radius 1 is 0.714 bits per heavy atom. The Balaban J connectivity index is 0.000000154. The predicted molar refractivity (Wildman–Crippen MR) is 191 cm³/mol. The van der Waals surface area contributed by atoms with Crippen molar-refractivity contribution in [3.05, 3.63) is 93.5 Å². The smallest absolute Gasteiger partial charge is 0.197 e. The summed E-state index contributed by atoms with van der Waals surface area (Å²) in [5.41, 5.74) is 7.19. The van der Waals surface area contributed by atoms with Gasteiger partial charge in [-0.2, -0.15) is 10.2 Å². The van der Waals surface area contributed by atoms with Crippen molar-refractivity contribution in [2.24, 2.45) is 0 Å². The molecule has 0 atom stereocenters. The molecule has 2 aromatic carbocycles. The van der Waals surface area contributed by atoms with Crippen LogP contribution in [0.15, 0.2) is 61.2 Å². The van der Waals surface area contributed by atoms with E-state index in [4.69, 9.17) is 38.5 Å². The van der Waals surface area contributed by atoms with Crippen LogP contribution in [0.3, 0.4) is 0 Å². The first-order valence-corrected chi connectivity index (χ1v) is 17.0. The van der Waals surface area contributed by atoms with Gasteiger partial charge in [-0.1, -0.05) is 37.0 Å². The number of aliphatic hydroxyl groups excluding tert-OH is 1. The van der Waals surface area contributed by atoms with Crippen molar-refractivity contribution in [3.8, 4) is 22.5 Å². The summed E-state index contributed by atoms with van der Waals surface area (Å²) in [4.78, 5) is 36.2. The van der Waals surface area contributed by atoms with E-state index >= 15 is 0 Å². The largest absolute Gasteiger partial charge is 0.395 e. The summed E-state index contributed by atoms with van der Waals surface area (Å²) in [7, 11) is 0. The molecule has 0 fully saturated rings. The van der Waals surface area contributed by atoms with Crippen LogP contribution in [0.4, 0.5) is 0 Å². The van der Waals surface area contributed by atoms with Gasteiger partial charge in [0.2, 0.25) is 0 Å².